The molecule has 0 spiro atoms. The number of aryl methyl sites for hydroxylation is 1. The maximum atomic E-state index is 10.4. The van der Waals surface area contributed by atoms with Gasteiger partial charge in [0.2, 0.25) is 0 Å². The summed E-state index contributed by atoms with van der Waals surface area (Å²) < 4.78 is 1.58. The second-order valence-electron chi connectivity index (χ2n) is 3.42. The molecule has 2 rings (SSSR count). The summed E-state index contributed by atoms with van der Waals surface area (Å²) in [5, 5.41) is 12.7. The molecule has 0 bridgehead atoms. The number of rotatable bonds is 4. The Labute approximate surface area is 97.6 Å². The van der Waals surface area contributed by atoms with Crippen molar-refractivity contribution in [3.05, 3.63) is 37.1 Å². The van der Waals surface area contributed by atoms with Gasteiger partial charge in [0.1, 0.15) is 18.9 Å². The van der Waals surface area contributed by atoms with Gasteiger partial charge in [-0.1, -0.05) is 4.68 Å². The fraction of sp³-hybridized carbons (Fsp3) is 0.182. The summed E-state index contributed by atoms with van der Waals surface area (Å²) in [6.07, 6.45) is 6.59. The monoisotopic (exact) mass is 231 g/mol. The van der Waals surface area contributed by atoms with Gasteiger partial charge < -0.3 is 5.11 Å². The molecule has 2 heterocycles. The molecular weight excluding hydrogens is 220 g/mol. The SMILES string of the molecule is O=C(O)CC[n+]1ccc(-c2ccncn2)cn1. The third-order valence-corrected chi connectivity index (χ3v) is 2.20. The first kappa shape index (κ1) is 11.1. The van der Waals surface area contributed by atoms with Crippen LogP contribution in [0.1, 0.15) is 6.42 Å². The average molecular weight is 231 g/mol. The van der Waals surface area contributed by atoms with E-state index in [0.29, 0.717) is 6.54 Å². The third-order valence-electron chi connectivity index (χ3n) is 2.20. The summed E-state index contributed by atoms with van der Waals surface area (Å²) in [4.78, 5) is 18.3. The number of hydrogen-bond donors (Lipinski definition) is 1. The van der Waals surface area contributed by atoms with E-state index in [1.807, 2.05) is 6.07 Å². The Kier molecular flexibility index (Phi) is 3.34. The van der Waals surface area contributed by atoms with Gasteiger partial charge in [0.05, 0.1) is 5.69 Å². The Morgan fingerprint density at radius 3 is 2.88 bits per heavy atom. The van der Waals surface area contributed by atoms with Crippen LogP contribution in [0.25, 0.3) is 11.3 Å². The van der Waals surface area contributed by atoms with Gasteiger partial charge in [0, 0.05) is 17.8 Å². The first-order valence-corrected chi connectivity index (χ1v) is 5.09. The van der Waals surface area contributed by atoms with Crippen molar-refractivity contribution in [1.29, 1.82) is 0 Å². The van der Waals surface area contributed by atoms with Gasteiger partial charge in [0.15, 0.2) is 12.7 Å². The van der Waals surface area contributed by atoms with E-state index < -0.39 is 5.97 Å². The van der Waals surface area contributed by atoms with Crippen LogP contribution in [-0.4, -0.2) is 26.1 Å². The maximum absolute atomic E-state index is 10.4. The standard InChI is InChI=1S/C11H10N4O2/c16-11(17)3-6-15-5-2-9(7-14-15)10-1-4-12-8-13-10/h1-2,4-5,7-8H,3,6H2/p+1. The van der Waals surface area contributed by atoms with Gasteiger partial charge in [0.25, 0.3) is 0 Å². The lowest BCUT2D eigenvalue weighted by molar-refractivity contribution is -0.752. The van der Waals surface area contributed by atoms with Crippen molar-refractivity contribution in [2.45, 2.75) is 13.0 Å². The molecular formula is C11H11N4O2+. The van der Waals surface area contributed by atoms with E-state index in [4.69, 9.17) is 5.11 Å². The summed E-state index contributed by atoms with van der Waals surface area (Å²) in [6.45, 7) is 0.361. The van der Waals surface area contributed by atoms with E-state index in [2.05, 4.69) is 15.1 Å². The van der Waals surface area contributed by atoms with Crippen LogP contribution in [0.3, 0.4) is 0 Å². The van der Waals surface area contributed by atoms with Crippen molar-refractivity contribution in [3.8, 4) is 11.3 Å². The van der Waals surface area contributed by atoms with E-state index in [9.17, 15) is 4.79 Å². The molecule has 0 unspecified atom stereocenters. The second-order valence-corrected chi connectivity index (χ2v) is 3.42. The normalized spacial score (nSPS) is 10.1. The van der Waals surface area contributed by atoms with Crippen LogP contribution in [0.2, 0.25) is 0 Å². The van der Waals surface area contributed by atoms with Gasteiger partial charge >= 0.3 is 5.97 Å². The lowest BCUT2D eigenvalue weighted by Gasteiger charge is -1.97. The zero-order chi connectivity index (χ0) is 12.1. The number of hydrogen-bond acceptors (Lipinski definition) is 4. The van der Waals surface area contributed by atoms with Crippen molar-refractivity contribution >= 4 is 5.97 Å². The Hall–Kier alpha value is -2.37. The van der Waals surface area contributed by atoms with Crippen molar-refractivity contribution in [2.75, 3.05) is 0 Å². The van der Waals surface area contributed by atoms with Crippen LogP contribution in [0, 0.1) is 0 Å². The van der Waals surface area contributed by atoms with E-state index in [1.54, 1.807) is 29.3 Å². The van der Waals surface area contributed by atoms with E-state index in [1.165, 1.54) is 6.33 Å². The lowest BCUT2D eigenvalue weighted by Crippen LogP contribution is -2.38. The minimum Gasteiger partial charge on any atom is -0.481 e. The topological polar surface area (TPSA) is 79.9 Å². The summed E-state index contributed by atoms with van der Waals surface area (Å²) in [6, 6.07) is 3.63. The molecule has 86 valence electrons. The highest BCUT2D eigenvalue weighted by atomic mass is 16.4. The summed E-state index contributed by atoms with van der Waals surface area (Å²) in [5.41, 5.74) is 1.66. The summed E-state index contributed by atoms with van der Waals surface area (Å²) in [5.74, 6) is -0.834. The highest BCUT2D eigenvalue weighted by Crippen LogP contribution is 2.11. The number of aromatic nitrogens is 4. The van der Waals surface area contributed by atoms with E-state index >= 15 is 0 Å². The quantitative estimate of drug-likeness (QED) is 0.765. The second kappa shape index (κ2) is 5.11. The van der Waals surface area contributed by atoms with Crippen LogP contribution in [0.5, 0.6) is 0 Å². The van der Waals surface area contributed by atoms with Crippen LogP contribution in [-0.2, 0) is 11.3 Å². The molecule has 1 N–H and O–H groups in total. The van der Waals surface area contributed by atoms with Crippen molar-refractivity contribution < 1.29 is 14.6 Å². The number of carbonyl (C=O) groups is 1. The number of aliphatic carboxylic acids is 1. The maximum Gasteiger partial charge on any atom is 0.309 e. The Bertz CT molecular complexity index is 499. The van der Waals surface area contributed by atoms with Crippen LogP contribution in [0.15, 0.2) is 37.1 Å². The largest absolute Gasteiger partial charge is 0.481 e. The Morgan fingerprint density at radius 1 is 1.41 bits per heavy atom. The van der Waals surface area contributed by atoms with Gasteiger partial charge in [-0.25, -0.2) is 9.97 Å². The molecule has 2 aromatic heterocycles. The van der Waals surface area contributed by atoms with Gasteiger partial charge in [-0.2, -0.15) is 0 Å². The lowest BCUT2D eigenvalue weighted by atomic mass is 10.2. The molecule has 0 aliphatic heterocycles. The zero-order valence-corrected chi connectivity index (χ0v) is 9.02. The molecule has 6 heteroatoms. The number of carboxylic acid groups (broad SMARTS) is 1. The van der Waals surface area contributed by atoms with Gasteiger partial charge in [-0.15, -0.1) is 0 Å². The van der Waals surface area contributed by atoms with Crippen LogP contribution in [0.4, 0.5) is 0 Å². The van der Waals surface area contributed by atoms with Gasteiger partial charge in [-0.05, 0) is 11.2 Å². The van der Waals surface area contributed by atoms with Crippen molar-refractivity contribution in [1.82, 2.24) is 15.1 Å². The van der Waals surface area contributed by atoms with Crippen LogP contribution >= 0.6 is 0 Å². The Morgan fingerprint density at radius 2 is 2.29 bits per heavy atom. The fourth-order valence-corrected chi connectivity index (χ4v) is 1.34. The molecule has 0 aliphatic rings. The fourth-order valence-electron chi connectivity index (χ4n) is 1.34. The third kappa shape index (κ3) is 3.04. The predicted octanol–water partition coefficient (Wildman–Crippen LogP) is 0.301. The number of nitrogens with zero attached hydrogens (tertiary/aromatic N) is 4. The average Bonchev–Trinajstić information content (AvgIpc) is 2.38. The Balaban J connectivity index is 2.11. The van der Waals surface area contributed by atoms with Crippen LogP contribution < -0.4 is 4.68 Å². The van der Waals surface area contributed by atoms with Crippen molar-refractivity contribution in [3.63, 3.8) is 0 Å². The molecule has 0 amide bonds. The molecule has 0 atom stereocenters. The number of carboxylic acids is 1. The highest BCUT2D eigenvalue weighted by molar-refractivity contribution is 5.66. The molecule has 2 aromatic rings. The first-order valence-electron chi connectivity index (χ1n) is 5.09. The molecule has 0 radical (unpaired) electrons. The molecule has 0 aromatic carbocycles. The predicted molar refractivity (Wildman–Crippen MR) is 57.7 cm³/mol. The zero-order valence-electron chi connectivity index (χ0n) is 9.02. The molecule has 0 aliphatic carbocycles. The van der Waals surface area contributed by atoms with E-state index in [-0.39, 0.29) is 6.42 Å². The smallest absolute Gasteiger partial charge is 0.309 e. The van der Waals surface area contributed by atoms with Gasteiger partial charge in [-0.3, -0.25) is 4.79 Å². The molecule has 6 nitrogen and oxygen atoms in total. The molecule has 0 saturated carbocycles. The molecule has 0 fully saturated rings. The highest BCUT2D eigenvalue weighted by Gasteiger charge is 2.07. The minimum absolute atomic E-state index is 0.0600. The van der Waals surface area contributed by atoms with Crippen molar-refractivity contribution in [2.24, 2.45) is 0 Å². The molecule has 17 heavy (non-hydrogen) atoms. The minimum atomic E-state index is -0.834. The first-order chi connectivity index (χ1) is 8.25. The molecule has 0 saturated heterocycles. The summed E-state index contributed by atoms with van der Waals surface area (Å²) >= 11 is 0. The van der Waals surface area contributed by atoms with E-state index in [0.717, 1.165) is 11.3 Å². The summed E-state index contributed by atoms with van der Waals surface area (Å²) in [7, 11) is 0.